The maximum absolute atomic E-state index is 6.16. The Morgan fingerprint density at radius 2 is 1.96 bits per heavy atom. The van der Waals surface area contributed by atoms with E-state index >= 15 is 0 Å². The van der Waals surface area contributed by atoms with Gasteiger partial charge in [-0.25, -0.2) is 0 Å². The molecule has 0 spiro atoms. The molecule has 0 unspecified atom stereocenters. The van der Waals surface area contributed by atoms with Gasteiger partial charge in [0, 0.05) is 27.7 Å². The van der Waals surface area contributed by atoms with Gasteiger partial charge in [0.1, 0.15) is 12.4 Å². The second-order valence-corrected chi connectivity index (χ2v) is 5.56. The number of anilines is 1. The average molecular weight is 350 g/mol. The predicted molar refractivity (Wildman–Crippen MR) is 88.7 cm³/mol. The molecule has 0 saturated heterocycles. The van der Waals surface area contributed by atoms with Crippen LogP contribution in [0, 0.1) is 0 Å². The van der Waals surface area contributed by atoms with Crippen molar-refractivity contribution in [2.24, 2.45) is 0 Å². The minimum absolute atomic E-state index is 0.356. The van der Waals surface area contributed by atoms with Crippen LogP contribution >= 0.6 is 23.2 Å². The summed E-state index contributed by atoms with van der Waals surface area (Å²) in [6.07, 6.45) is 0. The Labute approximate surface area is 142 Å². The number of para-hydroxylation sites is 1. The van der Waals surface area contributed by atoms with Crippen LogP contribution in [0.15, 0.2) is 42.5 Å². The first-order chi connectivity index (χ1) is 11.2. The smallest absolute Gasteiger partial charge is 0.263 e. The molecule has 0 aliphatic carbocycles. The number of aromatic nitrogens is 4. The number of aromatic amines is 1. The Bertz CT molecular complexity index is 779. The lowest BCUT2D eigenvalue weighted by Crippen LogP contribution is -2.05. The minimum atomic E-state index is 0.356. The van der Waals surface area contributed by atoms with Gasteiger partial charge in [-0.05, 0) is 23.4 Å². The van der Waals surface area contributed by atoms with Crippen LogP contribution in [0.2, 0.25) is 10.0 Å². The van der Waals surface area contributed by atoms with E-state index in [0.29, 0.717) is 29.1 Å². The van der Waals surface area contributed by atoms with E-state index in [1.165, 1.54) is 0 Å². The standard InChI is InChI=1S/C15H13Cl2N5O/c16-12-6-5-11(13(17)7-12)9-23-14-4-2-1-3-10(14)8-18-15-19-21-22-20-15/h1-7H,8-9H2,(H2,18,19,20,21,22). The van der Waals surface area contributed by atoms with Gasteiger partial charge in [-0.2, -0.15) is 5.21 Å². The van der Waals surface area contributed by atoms with E-state index < -0.39 is 0 Å². The van der Waals surface area contributed by atoms with Gasteiger partial charge < -0.3 is 10.1 Å². The van der Waals surface area contributed by atoms with Gasteiger partial charge in [-0.3, -0.25) is 0 Å². The number of halogens is 2. The summed E-state index contributed by atoms with van der Waals surface area (Å²) >= 11 is 12.1. The highest BCUT2D eigenvalue weighted by Gasteiger charge is 2.07. The van der Waals surface area contributed by atoms with Gasteiger partial charge in [0.25, 0.3) is 5.95 Å². The van der Waals surface area contributed by atoms with E-state index in [9.17, 15) is 0 Å². The van der Waals surface area contributed by atoms with E-state index in [1.807, 2.05) is 30.3 Å². The zero-order valence-corrected chi connectivity index (χ0v) is 13.5. The molecule has 1 aromatic heterocycles. The molecule has 2 N–H and O–H groups in total. The number of H-pyrrole nitrogens is 1. The normalized spacial score (nSPS) is 10.5. The summed E-state index contributed by atoms with van der Waals surface area (Å²) in [5, 5.41) is 17.8. The van der Waals surface area contributed by atoms with Crippen LogP contribution in [0.3, 0.4) is 0 Å². The van der Waals surface area contributed by atoms with Crippen molar-refractivity contribution >= 4 is 29.2 Å². The Kier molecular flexibility index (Phi) is 4.95. The monoisotopic (exact) mass is 349 g/mol. The number of rotatable bonds is 6. The third-order valence-corrected chi connectivity index (χ3v) is 3.74. The Morgan fingerprint density at radius 3 is 2.74 bits per heavy atom. The lowest BCUT2D eigenvalue weighted by Gasteiger charge is -2.12. The highest BCUT2D eigenvalue weighted by atomic mass is 35.5. The van der Waals surface area contributed by atoms with E-state index in [2.05, 4.69) is 25.9 Å². The fourth-order valence-corrected chi connectivity index (χ4v) is 2.46. The van der Waals surface area contributed by atoms with Crippen LogP contribution in [0.4, 0.5) is 5.95 Å². The lowest BCUT2D eigenvalue weighted by molar-refractivity contribution is 0.303. The molecule has 6 nitrogen and oxygen atoms in total. The Morgan fingerprint density at radius 1 is 1.09 bits per heavy atom. The zero-order chi connectivity index (χ0) is 16.1. The summed E-state index contributed by atoms with van der Waals surface area (Å²) in [6.45, 7) is 0.874. The number of nitrogens with one attached hydrogen (secondary N) is 2. The summed E-state index contributed by atoms with van der Waals surface area (Å²) in [5.41, 5.74) is 1.85. The largest absolute Gasteiger partial charge is 0.488 e. The van der Waals surface area contributed by atoms with Gasteiger partial charge in [0.15, 0.2) is 0 Å². The van der Waals surface area contributed by atoms with Gasteiger partial charge >= 0.3 is 0 Å². The molecule has 0 aliphatic heterocycles. The van der Waals surface area contributed by atoms with Crippen molar-refractivity contribution in [1.82, 2.24) is 20.6 Å². The van der Waals surface area contributed by atoms with Crippen LogP contribution in [0.5, 0.6) is 5.75 Å². The van der Waals surface area contributed by atoms with Crippen LogP contribution < -0.4 is 10.1 Å². The highest BCUT2D eigenvalue weighted by molar-refractivity contribution is 6.35. The Balaban J connectivity index is 1.67. The van der Waals surface area contributed by atoms with Crippen molar-refractivity contribution < 1.29 is 4.74 Å². The first-order valence-corrected chi connectivity index (χ1v) is 7.60. The van der Waals surface area contributed by atoms with Crippen molar-refractivity contribution in [2.45, 2.75) is 13.2 Å². The molecule has 2 aromatic carbocycles. The summed E-state index contributed by atoms with van der Waals surface area (Å²) in [4.78, 5) is 0. The second kappa shape index (κ2) is 7.30. The SMILES string of the molecule is Clc1ccc(COc2ccccc2CNc2nn[nH]n2)c(Cl)c1. The summed E-state index contributed by atoms with van der Waals surface area (Å²) in [6, 6.07) is 13.1. The number of hydrogen-bond acceptors (Lipinski definition) is 5. The molecule has 0 amide bonds. The van der Waals surface area contributed by atoms with Crippen molar-refractivity contribution in [2.75, 3.05) is 5.32 Å². The molecule has 1 heterocycles. The van der Waals surface area contributed by atoms with Crippen LogP contribution in [-0.2, 0) is 13.2 Å². The number of tetrazole rings is 1. The molecular weight excluding hydrogens is 337 g/mol. The lowest BCUT2D eigenvalue weighted by atomic mass is 10.2. The average Bonchev–Trinajstić information content (AvgIpc) is 3.06. The number of nitrogens with zero attached hydrogens (tertiary/aromatic N) is 3. The summed E-state index contributed by atoms with van der Waals surface area (Å²) in [7, 11) is 0. The van der Waals surface area contributed by atoms with E-state index in [0.717, 1.165) is 16.9 Å². The maximum atomic E-state index is 6.16. The molecular formula is C15H13Cl2N5O. The molecule has 3 rings (SSSR count). The molecule has 8 heteroatoms. The van der Waals surface area contributed by atoms with Crippen molar-refractivity contribution in [3.05, 3.63) is 63.6 Å². The molecule has 0 aliphatic rings. The fourth-order valence-electron chi connectivity index (χ4n) is 2.00. The molecule has 0 saturated carbocycles. The van der Waals surface area contributed by atoms with Crippen LogP contribution in [0.25, 0.3) is 0 Å². The third kappa shape index (κ3) is 4.12. The molecule has 3 aromatic rings. The molecule has 0 radical (unpaired) electrons. The first kappa shape index (κ1) is 15.6. The molecule has 23 heavy (non-hydrogen) atoms. The quantitative estimate of drug-likeness (QED) is 0.709. The highest BCUT2D eigenvalue weighted by Crippen LogP contribution is 2.24. The van der Waals surface area contributed by atoms with Crippen LogP contribution in [0.1, 0.15) is 11.1 Å². The summed E-state index contributed by atoms with van der Waals surface area (Å²) in [5.74, 6) is 1.19. The second-order valence-electron chi connectivity index (χ2n) is 4.72. The Hall–Kier alpha value is -2.31. The van der Waals surface area contributed by atoms with E-state index in [1.54, 1.807) is 12.1 Å². The topological polar surface area (TPSA) is 75.7 Å². The number of ether oxygens (including phenoxy) is 1. The summed E-state index contributed by atoms with van der Waals surface area (Å²) < 4.78 is 5.88. The predicted octanol–water partition coefficient (Wildman–Crippen LogP) is 3.70. The third-order valence-electron chi connectivity index (χ3n) is 3.15. The fraction of sp³-hybridized carbons (Fsp3) is 0.133. The number of hydrogen-bond donors (Lipinski definition) is 2. The van der Waals surface area contributed by atoms with Gasteiger partial charge in [-0.1, -0.05) is 52.6 Å². The van der Waals surface area contributed by atoms with Crippen molar-refractivity contribution in [1.29, 1.82) is 0 Å². The molecule has 0 fully saturated rings. The van der Waals surface area contributed by atoms with E-state index in [-0.39, 0.29) is 0 Å². The molecule has 0 atom stereocenters. The van der Waals surface area contributed by atoms with Crippen molar-refractivity contribution in [3.63, 3.8) is 0 Å². The van der Waals surface area contributed by atoms with Gasteiger partial charge in [-0.15, -0.1) is 5.10 Å². The maximum Gasteiger partial charge on any atom is 0.263 e. The molecule has 0 bridgehead atoms. The van der Waals surface area contributed by atoms with Gasteiger partial charge in [0.2, 0.25) is 0 Å². The van der Waals surface area contributed by atoms with Crippen LogP contribution in [-0.4, -0.2) is 20.6 Å². The van der Waals surface area contributed by atoms with E-state index in [4.69, 9.17) is 27.9 Å². The number of benzene rings is 2. The zero-order valence-electron chi connectivity index (χ0n) is 12.0. The van der Waals surface area contributed by atoms with Gasteiger partial charge in [0.05, 0.1) is 0 Å². The van der Waals surface area contributed by atoms with Crippen molar-refractivity contribution in [3.8, 4) is 5.75 Å². The minimum Gasteiger partial charge on any atom is -0.488 e. The molecule has 118 valence electrons. The first-order valence-electron chi connectivity index (χ1n) is 6.84.